The van der Waals surface area contributed by atoms with Crippen molar-refractivity contribution in [3.8, 4) is 0 Å². The van der Waals surface area contributed by atoms with Crippen LogP contribution in [0.4, 0.5) is 17.1 Å². The van der Waals surface area contributed by atoms with Crippen LogP contribution in [0.1, 0.15) is 50.9 Å². The van der Waals surface area contributed by atoms with Gasteiger partial charge in [-0.2, -0.15) is 0 Å². The first-order chi connectivity index (χ1) is 13.2. The number of anilines is 3. The molecule has 0 bridgehead atoms. The fraction of sp³-hybridized carbons (Fsp3) is 0.391. The first-order valence-electron chi connectivity index (χ1n) is 9.75. The molecule has 2 rings (SSSR count). The number of nitrogens with zero attached hydrogens (tertiary/aromatic N) is 1. The molecule has 2 aromatic carbocycles. The summed E-state index contributed by atoms with van der Waals surface area (Å²) >= 11 is 0. The second-order valence-corrected chi connectivity index (χ2v) is 8.06. The molecule has 0 atom stereocenters. The standard InChI is InChI=1S/C23H31N3O2/c1-6-7-15-26(5)20-13-11-17(12-14-20)21(27)24-18-9-8-10-19(16-18)25-22(28)23(2,3)4/h8-14,16H,6-7,15H2,1-5H3,(H,24,27)(H,25,28). The van der Waals surface area contributed by atoms with Crippen molar-refractivity contribution < 1.29 is 9.59 Å². The van der Waals surface area contributed by atoms with E-state index in [1.54, 1.807) is 24.3 Å². The van der Waals surface area contributed by atoms with Gasteiger partial charge in [-0.25, -0.2) is 0 Å². The van der Waals surface area contributed by atoms with Gasteiger partial charge in [0.05, 0.1) is 0 Å². The van der Waals surface area contributed by atoms with Crippen molar-refractivity contribution in [2.75, 3.05) is 29.1 Å². The number of rotatable bonds is 7. The first kappa shape index (κ1) is 21.5. The average molecular weight is 382 g/mol. The van der Waals surface area contributed by atoms with Gasteiger partial charge in [0.15, 0.2) is 0 Å². The summed E-state index contributed by atoms with van der Waals surface area (Å²) in [4.78, 5) is 26.9. The largest absolute Gasteiger partial charge is 0.375 e. The number of benzene rings is 2. The fourth-order valence-corrected chi connectivity index (χ4v) is 2.59. The van der Waals surface area contributed by atoms with E-state index in [-0.39, 0.29) is 11.8 Å². The number of carbonyl (C=O) groups excluding carboxylic acids is 2. The molecule has 2 N–H and O–H groups in total. The summed E-state index contributed by atoms with van der Waals surface area (Å²) in [5.41, 5.74) is 2.51. The molecule has 2 amide bonds. The van der Waals surface area contributed by atoms with Crippen LogP contribution in [0.3, 0.4) is 0 Å². The number of nitrogens with one attached hydrogen (secondary N) is 2. The number of hydrogen-bond donors (Lipinski definition) is 2. The summed E-state index contributed by atoms with van der Waals surface area (Å²) in [6, 6.07) is 14.8. The Morgan fingerprint density at radius 3 is 2.14 bits per heavy atom. The molecule has 0 spiro atoms. The lowest BCUT2D eigenvalue weighted by Crippen LogP contribution is -2.27. The van der Waals surface area contributed by atoms with Gasteiger partial charge in [-0.3, -0.25) is 9.59 Å². The number of amides is 2. The van der Waals surface area contributed by atoms with E-state index in [9.17, 15) is 9.59 Å². The molecule has 0 aliphatic carbocycles. The van der Waals surface area contributed by atoms with Crippen LogP contribution in [0.25, 0.3) is 0 Å². The van der Waals surface area contributed by atoms with Gasteiger partial charge >= 0.3 is 0 Å². The van der Waals surface area contributed by atoms with Gasteiger partial charge in [0.2, 0.25) is 5.91 Å². The van der Waals surface area contributed by atoms with Gasteiger partial charge in [-0.1, -0.05) is 40.2 Å². The van der Waals surface area contributed by atoms with Crippen molar-refractivity contribution >= 4 is 28.9 Å². The highest BCUT2D eigenvalue weighted by molar-refractivity contribution is 6.05. The zero-order valence-electron chi connectivity index (χ0n) is 17.5. The minimum Gasteiger partial charge on any atom is -0.375 e. The van der Waals surface area contributed by atoms with Crippen LogP contribution >= 0.6 is 0 Å². The molecule has 0 heterocycles. The Kier molecular flexibility index (Phi) is 7.21. The van der Waals surface area contributed by atoms with E-state index in [4.69, 9.17) is 0 Å². The molecular weight excluding hydrogens is 350 g/mol. The number of hydrogen-bond acceptors (Lipinski definition) is 3. The van der Waals surface area contributed by atoms with Gasteiger partial charge in [0.25, 0.3) is 5.91 Å². The summed E-state index contributed by atoms with van der Waals surface area (Å²) in [6.07, 6.45) is 2.29. The third-order valence-corrected chi connectivity index (χ3v) is 4.48. The van der Waals surface area contributed by atoms with E-state index in [0.717, 1.165) is 25.1 Å². The fourth-order valence-electron chi connectivity index (χ4n) is 2.59. The predicted octanol–water partition coefficient (Wildman–Crippen LogP) is 5.16. The first-order valence-corrected chi connectivity index (χ1v) is 9.75. The normalized spacial score (nSPS) is 11.0. The van der Waals surface area contributed by atoms with E-state index in [0.29, 0.717) is 16.9 Å². The minimum absolute atomic E-state index is 0.0706. The maximum absolute atomic E-state index is 12.5. The third kappa shape index (κ3) is 6.12. The van der Waals surface area contributed by atoms with Crippen LogP contribution in [0.2, 0.25) is 0 Å². The molecule has 0 aliphatic heterocycles. The number of unbranched alkanes of at least 4 members (excludes halogenated alkanes) is 1. The van der Waals surface area contributed by atoms with Gasteiger partial charge in [-0.15, -0.1) is 0 Å². The van der Waals surface area contributed by atoms with E-state index in [1.165, 1.54) is 0 Å². The van der Waals surface area contributed by atoms with E-state index < -0.39 is 5.41 Å². The lowest BCUT2D eigenvalue weighted by atomic mass is 9.95. The Morgan fingerprint density at radius 2 is 1.57 bits per heavy atom. The summed E-state index contributed by atoms with van der Waals surface area (Å²) in [5, 5.41) is 5.77. The molecule has 0 fully saturated rings. The molecule has 5 heteroatoms. The summed E-state index contributed by atoms with van der Waals surface area (Å²) in [7, 11) is 2.06. The average Bonchev–Trinajstić information content (AvgIpc) is 2.65. The van der Waals surface area contributed by atoms with Crippen molar-refractivity contribution in [3.63, 3.8) is 0 Å². The molecule has 0 aromatic heterocycles. The van der Waals surface area contributed by atoms with Gasteiger partial charge in [0.1, 0.15) is 0 Å². The van der Waals surface area contributed by atoms with Crippen LogP contribution in [0, 0.1) is 5.41 Å². The van der Waals surface area contributed by atoms with Crippen LogP contribution in [-0.4, -0.2) is 25.4 Å². The van der Waals surface area contributed by atoms with Crippen LogP contribution in [0.15, 0.2) is 48.5 Å². The van der Waals surface area contributed by atoms with Gasteiger partial charge in [-0.05, 0) is 48.9 Å². The van der Waals surface area contributed by atoms with Crippen LogP contribution in [-0.2, 0) is 4.79 Å². The lowest BCUT2D eigenvalue weighted by molar-refractivity contribution is -0.123. The van der Waals surface area contributed by atoms with Crippen LogP contribution < -0.4 is 15.5 Å². The highest BCUT2D eigenvalue weighted by atomic mass is 16.2. The minimum atomic E-state index is -0.481. The topological polar surface area (TPSA) is 61.4 Å². The van der Waals surface area contributed by atoms with Crippen LogP contribution in [0.5, 0.6) is 0 Å². The van der Waals surface area contributed by atoms with Crippen molar-refractivity contribution in [2.45, 2.75) is 40.5 Å². The summed E-state index contributed by atoms with van der Waals surface area (Å²) in [5.74, 6) is -0.249. The van der Waals surface area contributed by atoms with E-state index in [2.05, 4.69) is 29.5 Å². The molecule has 0 saturated heterocycles. The summed E-state index contributed by atoms with van der Waals surface area (Å²) in [6.45, 7) is 8.74. The molecule has 150 valence electrons. The highest BCUT2D eigenvalue weighted by Gasteiger charge is 2.21. The van der Waals surface area contributed by atoms with E-state index >= 15 is 0 Å². The second kappa shape index (κ2) is 9.40. The Balaban J connectivity index is 2.03. The zero-order valence-corrected chi connectivity index (χ0v) is 17.5. The van der Waals surface area contributed by atoms with E-state index in [1.807, 2.05) is 45.0 Å². The van der Waals surface area contributed by atoms with Crippen molar-refractivity contribution in [2.24, 2.45) is 5.41 Å². The Bertz CT molecular complexity index is 807. The van der Waals surface area contributed by atoms with Crippen molar-refractivity contribution in [1.82, 2.24) is 0 Å². The van der Waals surface area contributed by atoms with Gasteiger partial charge in [0, 0.05) is 41.6 Å². The molecule has 5 nitrogen and oxygen atoms in total. The Labute approximate surface area is 168 Å². The molecular formula is C23H31N3O2. The molecule has 2 aromatic rings. The SMILES string of the molecule is CCCCN(C)c1ccc(C(=O)Nc2cccc(NC(=O)C(C)(C)C)c2)cc1. The Morgan fingerprint density at radius 1 is 0.964 bits per heavy atom. The monoisotopic (exact) mass is 381 g/mol. The summed E-state index contributed by atoms with van der Waals surface area (Å²) < 4.78 is 0. The quantitative estimate of drug-likeness (QED) is 0.696. The third-order valence-electron chi connectivity index (χ3n) is 4.48. The molecule has 0 radical (unpaired) electrons. The maximum Gasteiger partial charge on any atom is 0.255 e. The highest BCUT2D eigenvalue weighted by Crippen LogP contribution is 2.21. The molecule has 28 heavy (non-hydrogen) atoms. The van der Waals surface area contributed by atoms with Gasteiger partial charge < -0.3 is 15.5 Å². The maximum atomic E-state index is 12.5. The Hall–Kier alpha value is -2.82. The zero-order chi connectivity index (χ0) is 20.7. The van der Waals surface area contributed by atoms with Crippen molar-refractivity contribution in [3.05, 3.63) is 54.1 Å². The predicted molar refractivity (Wildman–Crippen MR) is 117 cm³/mol. The molecule has 0 saturated carbocycles. The second-order valence-electron chi connectivity index (χ2n) is 8.06. The lowest BCUT2D eigenvalue weighted by Gasteiger charge is -2.19. The molecule has 0 aliphatic rings. The van der Waals surface area contributed by atoms with Crippen molar-refractivity contribution in [1.29, 1.82) is 0 Å². The smallest absolute Gasteiger partial charge is 0.255 e. The molecule has 0 unspecified atom stereocenters. The number of carbonyl (C=O) groups is 2.